The number of sulfonamides is 1. The van der Waals surface area contributed by atoms with Crippen LogP contribution in [0.5, 0.6) is 0 Å². The van der Waals surface area contributed by atoms with Gasteiger partial charge >= 0.3 is 0 Å². The van der Waals surface area contributed by atoms with Crippen LogP contribution in [0.15, 0.2) is 17.2 Å². The largest absolute Gasteiger partial charge is 0.363 e. The Morgan fingerprint density at radius 1 is 1.29 bits per heavy atom. The second kappa shape index (κ2) is 6.91. The molecule has 0 aliphatic rings. The lowest BCUT2D eigenvalue weighted by atomic mass is 10.3. The molecule has 2 N–H and O–H groups in total. The fraction of sp³-hybridized carbons (Fsp3) is 0.667. The van der Waals surface area contributed by atoms with Crippen molar-refractivity contribution in [3.8, 4) is 0 Å². The van der Waals surface area contributed by atoms with Gasteiger partial charge in [-0.15, -0.1) is 0 Å². The van der Waals surface area contributed by atoms with Gasteiger partial charge in [0.05, 0.1) is 10.6 Å². The highest BCUT2D eigenvalue weighted by Gasteiger charge is 2.23. The Balaban J connectivity index is 2.78. The minimum Gasteiger partial charge on any atom is -0.363 e. The van der Waals surface area contributed by atoms with E-state index in [2.05, 4.69) is 10.3 Å². The summed E-state index contributed by atoms with van der Waals surface area (Å²) in [5, 5.41) is 3.18. The number of aromatic amines is 1. The monoisotopic (exact) mass is 337 g/mol. The summed E-state index contributed by atoms with van der Waals surface area (Å²) in [6.07, 6.45) is 2.50. The van der Waals surface area contributed by atoms with Crippen LogP contribution in [0, 0.1) is 0 Å². The predicted octanol–water partition coefficient (Wildman–Crippen LogP) is 0.178. The quantitative estimate of drug-likeness (QED) is 0.705. The molecule has 1 heterocycles. The van der Waals surface area contributed by atoms with E-state index in [1.54, 1.807) is 6.07 Å². The number of aromatic nitrogens is 1. The van der Waals surface area contributed by atoms with E-state index in [1.165, 1.54) is 13.2 Å². The van der Waals surface area contributed by atoms with Crippen LogP contribution < -0.4 is 5.32 Å². The van der Waals surface area contributed by atoms with Crippen LogP contribution in [-0.2, 0) is 26.4 Å². The molecule has 0 amide bonds. The van der Waals surface area contributed by atoms with Crippen molar-refractivity contribution < 1.29 is 16.8 Å². The van der Waals surface area contributed by atoms with E-state index in [0.717, 1.165) is 16.3 Å². The first-order valence-corrected chi connectivity index (χ1v) is 10.1. The molecule has 0 fully saturated rings. The van der Waals surface area contributed by atoms with Crippen molar-refractivity contribution in [1.82, 2.24) is 14.6 Å². The van der Waals surface area contributed by atoms with E-state index in [-0.39, 0.29) is 17.2 Å². The summed E-state index contributed by atoms with van der Waals surface area (Å²) in [6.45, 7) is 4.48. The van der Waals surface area contributed by atoms with E-state index in [9.17, 15) is 16.8 Å². The summed E-state index contributed by atoms with van der Waals surface area (Å²) >= 11 is 0. The number of nitrogens with zero attached hydrogens (tertiary/aromatic N) is 1. The first-order chi connectivity index (χ1) is 9.52. The number of H-pyrrole nitrogens is 1. The Labute approximate surface area is 126 Å². The Kier molecular flexibility index (Phi) is 5.97. The molecule has 0 bridgehead atoms. The van der Waals surface area contributed by atoms with Crippen LogP contribution in [0.2, 0.25) is 0 Å². The Hall–Kier alpha value is -0.900. The topological polar surface area (TPSA) is 99.3 Å². The summed E-state index contributed by atoms with van der Waals surface area (Å²) in [5.74, 6) is -0.199. The fourth-order valence-electron chi connectivity index (χ4n) is 1.58. The molecular formula is C12H23N3O4S2. The van der Waals surface area contributed by atoms with Gasteiger partial charge in [-0.2, -0.15) is 4.31 Å². The zero-order valence-electron chi connectivity index (χ0n) is 12.8. The van der Waals surface area contributed by atoms with Crippen LogP contribution in [0.4, 0.5) is 0 Å². The van der Waals surface area contributed by atoms with Gasteiger partial charge in [0.25, 0.3) is 0 Å². The van der Waals surface area contributed by atoms with Gasteiger partial charge in [-0.05, 0) is 6.07 Å². The average molecular weight is 337 g/mol. The van der Waals surface area contributed by atoms with Gasteiger partial charge in [-0.3, -0.25) is 0 Å². The number of rotatable bonds is 8. The van der Waals surface area contributed by atoms with Gasteiger partial charge in [-0.25, -0.2) is 16.8 Å². The van der Waals surface area contributed by atoms with Crippen molar-refractivity contribution in [3.63, 3.8) is 0 Å². The van der Waals surface area contributed by atoms with Gasteiger partial charge in [0.2, 0.25) is 10.0 Å². The molecule has 21 heavy (non-hydrogen) atoms. The summed E-state index contributed by atoms with van der Waals surface area (Å²) in [5.41, 5.74) is 0.763. The van der Waals surface area contributed by atoms with Crippen molar-refractivity contribution in [2.24, 2.45) is 0 Å². The van der Waals surface area contributed by atoms with E-state index >= 15 is 0 Å². The van der Waals surface area contributed by atoms with Crippen LogP contribution in [-0.4, -0.2) is 57.8 Å². The molecule has 1 aromatic rings. The minimum atomic E-state index is -3.67. The van der Waals surface area contributed by atoms with Gasteiger partial charge in [0.15, 0.2) is 0 Å². The number of hydrogen-bond donors (Lipinski definition) is 2. The van der Waals surface area contributed by atoms with Crippen molar-refractivity contribution in [2.75, 3.05) is 25.6 Å². The lowest BCUT2D eigenvalue weighted by Gasteiger charge is -2.15. The minimum absolute atomic E-state index is 0.0636. The van der Waals surface area contributed by atoms with Gasteiger partial charge < -0.3 is 10.3 Å². The van der Waals surface area contributed by atoms with E-state index < -0.39 is 19.9 Å². The summed E-state index contributed by atoms with van der Waals surface area (Å²) < 4.78 is 47.9. The van der Waals surface area contributed by atoms with Crippen LogP contribution >= 0.6 is 0 Å². The lowest BCUT2D eigenvalue weighted by Crippen LogP contribution is -2.31. The third-order valence-corrected chi connectivity index (χ3v) is 5.66. The summed E-state index contributed by atoms with van der Waals surface area (Å²) in [7, 11) is -5.49. The van der Waals surface area contributed by atoms with Crippen LogP contribution in [0.3, 0.4) is 0 Å². The third-order valence-electron chi connectivity index (χ3n) is 2.90. The second-order valence-electron chi connectivity index (χ2n) is 5.35. The molecular weight excluding hydrogens is 314 g/mol. The first kappa shape index (κ1) is 18.1. The molecule has 0 saturated carbocycles. The maximum absolute atomic E-state index is 12.3. The number of nitrogens with one attached hydrogen (secondary N) is 2. The zero-order chi connectivity index (χ0) is 16.3. The fourth-order valence-corrected chi connectivity index (χ4v) is 3.49. The van der Waals surface area contributed by atoms with Gasteiger partial charge in [0.1, 0.15) is 9.84 Å². The van der Waals surface area contributed by atoms with E-state index in [0.29, 0.717) is 12.6 Å². The van der Waals surface area contributed by atoms with Crippen molar-refractivity contribution in [2.45, 2.75) is 31.3 Å². The molecule has 0 unspecified atom stereocenters. The highest BCUT2D eigenvalue weighted by molar-refractivity contribution is 7.91. The Bertz CT molecular complexity index is 662. The number of hydrogen-bond acceptors (Lipinski definition) is 5. The first-order valence-electron chi connectivity index (χ1n) is 6.57. The molecule has 0 atom stereocenters. The second-order valence-corrected chi connectivity index (χ2v) is 9.66. The molecule has 1 rings (SSSR count). The molecule has 9 heteroatoms. The molecule has 0 spiro atoms. The molecule has 122 valence electrons. The molecule has 0 saturated heterocycles. The summed E-state index contributed by atoms with van der Waals surface area (Å²) in [6, 6.07) is 1.85. The van der Waals surface area contributed by atoms with E-state index in [1.807, 2.05) is 13.8 Å². The Morgan fingerprint density at radius 2 is 1.90 bits per heavy atom. The maximum Gasteiger partial charge on any atom is 0.244 e. The van der Waals surface area contributed by atoms with Crippen LogP contribution in [0.25, 0.3) is 0 Å². The van der Waals surface area contributed by atoms with Gasteiger partial charge in [0, 0.05) is 44.3 Å². The van der Waals surface area contributed by atoms with Crippen molar-refractivity contribution in [1.29, 1.82) is 0 Å². The molecule has 0 aliphatic heterocycles. The van der Waals surface area contributed by atoms with Gasteiger partial charge in [-0.1, -0.05) is 13.8 Å². The molecule has 1 aromatic heterocycles. The predicted molar refractivity (Wildman–Crippen MR) is 82.3 cm³/mol. The normalized spacial score (nSPS) is 13.2. The van der Waals surface area contributed by atoms with E-state index in [4.69, 9.17) is 0 Å². The zero-order valence-corrected chi connectivity index (χ0v) is 14.4. The third kappa shape index (κ3) is 5.77. The maximum atomic E-state index is 12.3. The van der Waals surface area contributed by atoms with Crippen molar-refractivity contribution in [3.05, 3.63) is 18.0 Å². The Morgan fingerprint density at radius 3 is 2.43 bits per heavy atom. The summed E-state index contributed by atoms with van der Waals surface area (Å²) in [4.78, 5) is 3.05. The SMILES string of the molecule is CC(C)NCc1cc(S(=O)(=O)N(C)CCS(C)(=O)=O)c[nH]1. The molecule has 0 radical (unpaired) electrons. The highest BCUT2D eigenvalue weighted by atomic mass is 32.2. The smallest absolute Gasteiger partial charge is 0.244 e. The van der Waals surface area contributed by atoms with Crippen LogP contribution in [0.1, 0.15) is 19.5 Å². The average Bonchev–Trinajstić information content (AvgIpc) is 2.81. The molecule has 0 aromatic carbocycles. The number of sulfone groups is 1. The molecule has 0 aliphatic carbocycles. The lowest BCUT2D eigenvalue weighted by molar-refractivity contribution is 0.485. The van der Waals surface area contributed by atoms with Crippen molar-refractivity contribution >= 4 is 19.9 Å². The highest BCUT2D eigenvalue weighted by Crippen LogP contribution is 2.15. The molecule has 7 nitrogen and oxygen atoms in total. The standard InChI is InChI=1S/C12H23N3O4S2/c1-10(2)13-8-11-7-12(9-14-11)21(18,19)15(3)5-6-20(4,16)17/h7,9-10,13-14H,5-6,8H2,1-4H3.